The number of ether oxygens (including phenoxy) is 2. The van der Waals surface area contributed by atoms with Crippen molar-refractivity contribution in [3.05, 3.63) is 76.1 Å². The Balaban J connectivity index is 1.44. The van der Waals surface area contributed by atoms with Gasteiger partial charge in [0, 0.05) is 55.5 Å². The third kappa shape index (κ3) is 6.81. The molecule has 4 aromatic rings. The fourth-order valence-corrected chi connectivity index (χ4v) is 8.34. The molecule has 6 heterocycles. The van der Waals surface area contributed by atoms with E-state index in [-0.39, 0.29) is 53.6 Å². The summed E-state index contributed by atoms with van der Waals surface area (Å²) >= 11 is 0. The number of carbonyl (C=O) groups is 2. The van der Waals surface area contributed by atoms with Crippen molar-refractivity contribution < 1.29 is 45.8 Å². The van der Waals surface area contributed by atoms with E-state index in [2.05, 4.69) is 20.2 Å². The summed E-state index contributed by atoms with van der Waals surface area (Å²) in [5.74, 6) is -4.01. The van der Waals surface area contributed by atoms with Gasteiger partial charge in [0.15, 0.2) is 5.65 Å². The third-order valence-electron chi connectivity index (χ3n) is 9.89. The van der Waals surface area contributed by atoms with Crippen molar-refractivity contribution in [3.8, 4) is 5.88 Å². The van der Waals surface area contributed by atoms with Gasteiger partial charge >= 0.3 is 12.1 Å². The molecule has 2 aliphatic heterocycles. The quantitative estimate of drug-likeness (QED) is 0.252. The number of primary amides is 1. The number of hydrogen-bond donors (Lipinski definition) is 2. The molecule has 52 heavy (non-hydrogen) atoms. The number of fused-ring (bicyclic) bond motifs is 2. The van der Waals surface area contributed by atoms with E-state index in [1.54, 1.807) is 19.9 Å². The summed E-state index contributed by atoms with van der Waals surface area (Å²) < 4.78 is 83.8. The molecular formula is C34H38F3N7O7S. The minimum atomic E-state index is -4.77. The Morgan fingerprint density at radius 1 is 1.12 bits per heavy atom. The molecule has 0 bridgehead atoms. The van der Waals surface area contributed by atoms with Crippen molar-refractivity contribution in [3.63, 3.8) is 0 Å². The van der Waals surface area contributed by atoms with Crippen LogP contribution in [0.3, 0.4) is 0 Å². The number of nitrogens with two attached hydrogens (primary N) is 1. The van der Waals surface area contributed by atoms with Crippen LogP contribution in [-0.4, -0.2) is 79.6 Å². The number of aromatic nitrogens is 5. The van der Waals surface area contributed by atoms with Gasteiger partial charge in [-0.15, -0.1) is 10.2 Å². The Morgan fingerprint density at radius 2 is 1.83 bits per heavy atom. The Hall–Kier alpha value is -4.68. The molecule has 1 atom stereocenters. The molecule has 0 aliphatic carbocycles. The molecule has 1 saturated heterocycles. The van der Waals surface area contributed by atoms with E-state index >= 15 is 0 Å². The van der Waals surface area contributed by atoms with E-state index in [1.165, 1.54) is 42.5 Å². The fourth-order valence-electron chi connectivity index (χ4n) is 6.80. The topological polar surface area (TPSA) is 192 Å². The normalized spacial score (nSPS) is 18.1. The van der Waals surface area contributed by atoms with Gasteiger partial charge in [-0.05, 0) is 80.6 Å². The van der Waals surface area contributed by atoms with Crippen LogP contribution in [-0.2, 0) is 43.5 Å². The lowest BCUT2D eigenvalue weighted by molar-refractivity contribution is -0.148. The molecule has 14 nitrogen and oxygen atoms in total. The lowest BCUT2D eigenvalue weighted by Gasteiger charge is -2.38. The van der Waals surface area contributed by atoms with Crippen LogP contribution < -0.4 is 10.5 Å². The molecule has 3 N–H and O–H groups in total. The molecule has 0 unspecified atom stereocenters. The van der Waals surface area contributed by atoms with Crippen LogP contribution >= 0.6 is 0 Å². The summed E-state index contributed by atoms with van der Waals surface area (Å²) in [5.41, 5.74) is 5.20. The highest BCUT2D eigenvalue weighted by Gasteiger charge is 2.46. The number of pyridine rings is 3. The monoisotopic (exact) mass is 745 g/mol. The van der Waals surface area contributed by atoms with Gasteiger partial charge in [0.25, 0.3) is 0 Å². The number of rotatable bonds is 9. The highest BCUT2D eigenvalue weighted by molar-refractivity contribution is 7.89. The first-order valence-corrected chi connectivity index (χ1v) is 17.9. The van der Waals surface area contributed by atoms with Crippen molar-refractivity contribution in [2.75, 3.05) is 19.8 Å². The van der Waals surface area contributed by atoms with E-state index in [1.807, 2.05) is 0 Å². The van der Waals surface area contributed by atoms with Gasteiger partial charge in [-0.1, -0.05) is 0 Å². The Morgan fingerprint density at radius 3 is 2.48 bits per heavy atom. The second-order valence-corrected chi connectivity index (χ2v) is 15.8. The molecule has 0 radical (unpaired) electrons. The number of carboxylic acid groups (broad SMARTS) is 1. The summed E-state index contributed by atoms with van der Waals surface area (Å²) in [6.07, 6.45) is -1.12. The van der Waals surface area contributed by atoms with Crippen LogP contribution in [0.2, 0.25) is 0 Å². The molecule has 4 aromatic heterocycles. The number of amides is 1. The van der Waals surface area contributed by atoms with Crippen molar-refractivity contribution >= 4 is 27.5 Å². The van der Waals surface area contributed by atoms with Gasteiger partial charge < -0.3 is 20.3 Å². The van der Waals surface area contributed by atoms with Gasteiger partial charge in [-0.25, -0.2) is 13.4 Å². The number of carboxylic acids is 1. The molecule has 0 aromatic carbocycles. The number of carbonyl (C=O) groups excluding carboxylic acids is 1. The summed E-state index contributed by atoms with van der Waals surface area (Å²) in [6, 6.07) is 5.97. The molecule has 1 fully saturated rings. The van der Waals surface area contributed by atoms with Crippen molar-refractivity contribution in [2.45, 2.75) is 82.5 Å². The molecule has 0 saturated carbocycles. The van der Waals surface area contributed by atoms with E-state index in [0.29, 0.717) is 48.4 Å². The lowest BCUT2D eigenvalue weighted by Crippen LogP contribution is -2.50. The maximum Gasteiger partial charge on any atom is 0.452 e. The summed E-state index contributed by atoms with van der Waals surface area (Å²) in [7, 11) is -4.24. The van der Waals surface area contributed by atoms with Crippen molar-refractivity contribution in [2.24, 2.45) is 11.1 Å². The molecule has 6 rings (SSSR count). The predicted molar refractivity (Wildman–Crippen MR) is 178 cm³/mol. The lowest BCUT2D eigenvalue weighted by atomic mass is 9.71. The van der Waals surface area contributed by atoms with E-state index in [9.17, 15) is 36.3 Å². The Labute approximate surface area is 297 Å². The number of alkyl halides is 3. The van der Waals surface area contributed by atoms with Crippen LogP contribution in [0.1, 0.15) is 78.5 Å². The number of aryl methyl sites for hydroxylation is 3. The van der Waals surface area contributed by atoms with Gasteiger partial charge in [0.05, 0.1) is 25.2 Å². The molecular weight excluding hydrogens is 707 g/mol. The number of sulfonamides is 1. The van der Waals surface area contributed by atoms with E-state index in [0.717, 1.165) is 10.6 Å². The number of halogens is 3. The van der Waals surface area contributed by atoms with Gasteiger partial charge in [-0.3, -0.25) is 19.0 Å². The maximum atomic E-state index is 14.4. The fraction of sp³-hybridized carbons (Fsp3) is 0.471. The summed E-state index contributed by atoms with van der Waals surface area (Å²) in [6.45, 7) is 6.74. The van der Waals surface area contributed by atoms with Crippen LogP contribution in [0.5, 0.6) is 5.88 Å². The first kappa shape index (κ1) is 37.1. The van der Waals surface area contributed by atoms with Gasteiger partial charge in [0.2, 0.25) is 27.6 Å². The number of hydrogen-bond acceptors (Lipinski definition) is 10. The first-order chi connectivity index (χ1) is 24.3. The highest BCUT2D eigenvalue weighted by Crippen LogP contribution is 2.44. The van der Waals surface area contributed by atoms with E-state index < -0.39 is 50.8 Å². The zero-order valence-electron chi connectivity index (χ0n) is 28.9. The minimum absolute atomic E-state index is 0.0218. The highest BCUT2D eigenvalue weighted by atomic mass is 32.2. The van der Waals surface area contributed by atoms with Crippen LogP contribution in [0, 0.1) is 19.3 Å². The minimum Gasteiger partial charge on any atom is -0.481 e. The van der Waals surface area contributed by atoms with Crippen LogP contribution in [0.4, 0.5) is 13.2 Å². The second-order valence-electron chi connectivity index (χ2n) is 13.8. The maximum absolute atomic E-state index is 14.4. The zero-order chi connectivity index (χ0) is 37.8. The van der Waals surface area contributed by atoms with Crippen molar-refractivity contribution in [1.29, 1.82) is 0 Å². The SMILES string of the molecule is Cc1cnc([C@@H](c2ccn3c(C(F)(F)F)nnc3c2C)C(C)(C)C(=O)O)cc1CN1CC2(CCOCC2)Oc2nc(CCC(N)=O)ccc2S1(=O)=O. The van der Waals surface area contributed by atoms with E-state index in [4.69, 9.17) is 15.2 Å². The average Bonchev–Trinajstić information content (AvgIpc) is 3.49. The molecule has 1 amide bonds. The number of nitrogens with zero attached hydrogens (tertiary/aromatic N) is 6. The first-order valence-electron chi connectivity index (χ1n) is 16.5. The van der Waals surface area contributed by atoms with Gasteiger partial charge in [-0.2, -0.15) is 17.5 Å². The molecule has 18 heteroatoms. The zero-order valence-corrected chi connectivity index (χ0v) is 29.7. The van der Waals surface area contributed by atoms with Gasteiger partial charge in [0.1, 0.15) is 10.5 Å². The largest absolute Gasteiger partial charge is 0.481 e. The molecule has 278 valence electrons. The third-order valence-corrected chi connectivity index (χ3v) is 11.7. The summed E-state index contributed by atoms with van der Waals surface area (Å²) in [5, 5.41) is 17.5. The van der Waals surface area contributed by atoms with Crippen molar-refractivity contribution in [1.82, 2.24) is 28.9 Å². The van der Waals surface area contributed by atoms with Crippen LogP contribution in [0.15, 0.2) is 41.6 Å². The van der Waals surface area contributed by atoms with Crippen LogP contribution in [0.25, 0.3) is 5.65 Å². The Bertz CT molecular complexity index is 2170. The molecule has 2 aliphatic rings. The average molecular weight is 746 g/mol. The smallest absolute Gasteiger partial charge is 0.452 e. The molecule has 1 spiro atoms. The summed E-state index contributed by atoms with van der Waals surface area (Å²) in [4.78, 5) is 33.1. The second kappa shape index (κ2) is 13.4. The number of aliphatic carboxylic acids is 1. The Kier molecular flexibility index (Phi) is 9.54. The predicted octanol–water partition coefficient (Wildman–Crippen LogP) is 3.95. The standard InChI is InChI=1S/C34H38F3N7O7S/c1-19-16-39-24(27(32(3,4)31(46)47)23-9-12-44-28(20(23)2)41-42-30(44)34(35,36)37)15-21(19)17-43-18-33(10-13-50-14-11-33)51-29-25(52(43,48)49)7-5-22(40-29)6-8-26(38)45/h5,7,9,12,15-16,27H,6,8,10-11,13-14,17-18H2,1-4H3,(H2,38,45)(H,46,47)/t27-/m1/s1.